The van der Waals surface area contributed by atoms with Crippen LogP contribution in [0.4, 0.5) is 17.1 Å². The van der Waals surface area contributed by atoms with Gasteiger partial charge in [0.2, 0.25) is 0 Å². The number of hydrogen-bond acceptors (Lipinski definition) is 2. The van der Waals surface area contributed by atoms with E-state index >= 15 is 0 Å². The maximum absolute atomic E-state index is 2.57. The number of thiophene rings is 1. The molecule has 1 heterocycles. The van der Waals surface area contributed by atoms with Crippen LogP contribution in [0.15, 0.2) is 261 Å². The zero-order chi connectivity index (χ0) is 46.0. The first-order valence-electron chi connectivity index (χ1n) is 24.3. The maximum Gasteiger partial charge on any atom is 0.0746 e. The van der Waals surface area contributed by atoms with Crippen molar-refractivity contribution >= 4 is 48.6 Å². The molecule has 1 spiro atoms. The summed E-state index contributed by atoms with van der Waals surface area (Å²) in [6, 6.07) is 98.0. The number of hydrogen-bond donors (Lipinski definition) is 0. The molecule has 326 valence electrons. The minimum atomic E-state index is -0.591. The highest BCUT2D eigenvalue weighted by Crippen LogP contribution is 2.67. The molecule has 3 aliphatic carbocycles. The Labute approximate surface area is 411 Å². The van der Waals surface area contributed by atoms with Crippen molar-refractivity contribution in [2.24, 2.45) is 0 Å². The number of fused-ring (bicyclic) bond motifs is 17. The van der Waals surface area contributed by atoms with E-state index < -0.39 is 10.8 Å². The first-order valence-corrected chi connectivity index (χ1v) is 25.2. The van der Waals surface area contributed by atoms with Crippen LogP contribution in [0.2, 0.25) is 0 Å². The van der Waals surface area contributed by atoms with Crippen LogP contribution < -0.4 is 4.90 Å². The van der Waals surface area contributed by atoms with Gasteiger partial charge in [-0.05, 0) is 114 Å². The Kier molecular flexibility index (Phi) is 8.43. The highest BCUT2D eigenvalue weighted by Gasteiger charge is 2.54. The van der Waals surface area contributed by atoms with Gasteiger partial charge in [-0.25, -0.2) is 0 Å². The van der Waals surface area contributed by atoms with Crippen LogP contribution in [0.1, 0.15) is 44.5 Å². The molecular weight excluding hydrogens is 863 g/mol. The van der Waals surface area contributed by atoms with Gasteiger partial charge in [0, 0.05) is 42.7 Å². The van der Waals surface area contributed by atoms with Crippen LogP contribution >= 0.6 is 11.3 Å². The van der Waals surface area contributed by atoms with Gasteiger partial charge in [0.05, 0.1) is 16.5 Å². The number of benzene rings is 11. The third-order valence-corrected chi connectivity index (χ3v) is 17.0. The van der Waals surface area contributed by atoms with Crippen LogP contribution in [-0.4, -0.2) is 0 Å². The molecule has 11 aromatic carbocycles. The van der Waals surface area contributed by atoms with Crippen molar-refractivity contribution in [2.45, 2.75) is 10.8 Å². The monoisotopic (exact) mass is 905 g/mol. The van der Waals surface area contributed by atoms with Crippen LogP contribution in [0.5, 0.6) is 0 Å². The van der Waals surface area contributed by atoms with E-state index in [1.165, 1.54) is 115 Å². The molecule has 0 amide bonds. The molecule has 3 aliphatic rings. The Bertz CT molecular complexity index is 4020. The molecule has 0 saturated carbocycles. The lowest BCUT2D eigenvalue weighted by Gasteiger charge is -2.37. The van der Waals surface area contributed by atoms with Crippen molar-refractivity contribution in [3.8, 4) is 44.5 Å². The highest BCUT2D eigenvalue weighted by atomic mass is 32.1. The molecule has 0 aliphatic heterocycles. The van der Waals surface area contributed by atoms with E-state index in [0.29, 0.717) is 0 Å². The minimum Gasteiger partial charge on any atom is -0.310 e. The van der Waals surface area contributed by atoms with Gasteiger partial charge in [-0.3, -0.25) is 0 Å². The normalized spacial score (nSPS) is 15.3. The fraction of sp³-hybridized carbons (Fsp3) is 0.0294. The van der Waals surface area contributed by atoms with Crippen molar-refractivity contribution in [1.82, 2.24) is 0 Å². The smallest absolute Gasteiger partial charge is 0.0746 e. The van der Waals surface area contributed by atoms with Crippen LogP contribution in [0.3, 0.4) is 0 Å². The van der Waals surface area contributed by atoms with E-state index in [9.17, 15) is 0 Å². The average Bonchev–Trinajstić information content (AvgIpc) is 4.15. The third kappa shape index (κ3) is 5.21. The molecule has 0 N–H and O–H groups in total. The molecular formula is C68H43NS. The van der Waals surface area contributed by atoms with E-state index in [1.807, 2.05) is 11.3 Å². The number of rotatable bonds is 6. The Morgan fingerprint density at radius 1 is 0.314 bits per heavy atom. The van der Waals surface area contributed by atoms with Crippen molar-refractivity contribution in [1.29, 1.82) is 0 Å². The minimum absolute atomic E-state index is 0.553. The molecule has 1 aromatic heterocycles. The molecule has 1 atom stereocenters. The van der Waals surface area contributed by atoms with Crippen molar-refractivity contribution in [3.63, 3.8) is 0 Å². The molecule has 0 saturated heterocycles. The summed E-state index contributed by atoms with van der Waals surface area (Å²) in [6.07, 6.45) is 0. The third-order valence-electron chi connectivity index (χ3n) is 15.8. The number of anilines is 3. The molecule has 15 rings (SSSR count). The van der Waals surface area contributed by atoms with E-state index in [1.54, 1.807) is 0 Å². The fourth-order valence-corrected chi connectivity index (χ4v) is 14.3. The van der Waals surface area contributed by atoms with Crippen molar-refractivity contribution < 1.29 is 0 Å². The Balaban J connectivity index is 1.04. The lowest BCUT2D eigenvalue weighted by Crippen LogP contribution is -2.29. The summed E-state index contributed by atoms with van der Waals surface area (Å²) in [6.45, 7) is 0. The first-order chi connectivity index (χ1) is 34.7. The van der Waals surface area contributed by atoms with E-state index in [-0.39, 0.29) is 0 Å². The summed E-state index contributed by atoms with van der Waals surface area (Å²) in [5.41, 5.74) is 22.8. The molecule has 70 heavy (non-hydrogen) atoms. The molecule has 0 bridgehead atoms. The van der Waals surface area contributed by atoms with Crippen LogP contribution in [0.25, 0.3) is 64.7 Å². The predicted molar refractivity (Wildman–Crippen MR) is 293 cm³/mol. The Morgan fingerprint density at radius 2 is 0.843 bits per heavy atom. The second-order valence-electron chi connectivity index (χ2n) is 19.0. The standard InChI is InChI=1S/C68H43NS/c1-4-19-44(20-5-1)45-35-37-48(38-36-45)69(49-39-40-52-50-25-10-14-30-57(50)67(61(52)43-49,46-21-6-2-7-22-46)47-23-8-3-9-24-47)62-33-18-29-54-51-26-11-15-31-58(51)68(65(54)62)59-32-16-12-28-56(59)64-60(68)42-41-55-53-27-13-17-34-63(53)70-66(55)64/h1-43H. The predicted octanol–water partition coefficient (Wildman–Crippen LogP) is 17.9. The fourth-order valence-electron chi connectivity index (χ4n) is 13.1. The average molecular weight is 906 g/mol. The van der Waals surface area contributed by atoms with Crippen molar-refractivity contribution in [2.75, 3.05) is 4.90 Å². The van der Waals surface area contributed by atoms with Crippen LogP contribution in [0, 0.1) is 0 Å². The van der Waals surface area contributed by atoms with Gasteiger partial charge >= 0.3 is 0 Å². The summed E-state index contributed by atoms with van der Waals surface area (Å²) in [7, 11) is 0. The summed E-state index contributed by atoms with van der Waals surface area (Å²) in [5, 5.41) is 2.65. The summed E-state index contributed by atoms with van der Waals surface area (Å²) < 4.78 is 2.68. The van der Waals surface area contributed by atoms with Crippen molar-refractivity contribution in [3.05, 3.63) is 305 Å². The summed E-state index contributed by atoms with van der Waals surface area (Å²) >= 11 is 1.93. The second kappa shape index (κ2) is 15.0. The van der Waals surface area contributed by atoms with Crippen LogP contribution in [-0.2, 0) is 10.8 Å². The molecule has 1 nitrogen and oxygen atoms in total. The molecule has 2 heteroatoms. The maximum atomic E-state index is 2.57. The summed E-state index contributed by atoms with van der Waals surface area (Å²) in [5.74, 6) is 0. The SMILES string of the molecule is c1ccc(-c2ccc(N(c3ccc4c(c3)C(c3ccccc3)(c3ccccc3)c3ccccc3-4)c3cccc4c3C3(c5ccccc5-4)c4ccccc4-c4c3ccc3c4sc4ccccc43)cc2)cc1. The molecule has 0 fully saturated rings. The second-order valence-corrected chi connectivity index (χ2v) is 20.1. The zero-order valence-electron chi connectivity index (χ0n) is 38.2. The Hall–Kier alpha value is -8.56. The lowest BCUT2D eigenvalue weighted by molar-refractivity contribution is 0.768. The van der Waals surface area contributed by atoms with E-state index in [2.05, 4.69) is 266 Å². The highest BCUT2D eigenvalue weighted by molar-refractivity contribution is 7.26. The molecule has 1 unspecified atom stereocenters. The quantitative estimate of drug-likeness (QED) is 0.161. The van der Waals surface area contributed by atoms with Gasteiger partial charge in [0.25, 0.3) is 0 Å². The van der Waals surface area contributed by atoms with Gasteiger partial charge < -0.3 is 4.90 Å². The van der Waals surface area contributed by atoms with Gasteiger partial charge in [-0.15, -0.1) is 11.3 Å². The Morgan fingerprint density at radius 3 is 1.56 bits per heavy atom. The zero-order valence-corrected chi connectivity index (χ0v) is 39.0. The molecule has 0 radical (unpaired) electrons. The van der Waals surface area contributed by atoms with Gasteiger partial charge in [0.1, 0.15) is 0 Å². The first kappa shape index (κ1) is 39.4. The van der Waals surface area contributed by atoms with Gasteiger partial charge in [-0.2, -0.15) is 0 Å². The lowest BCUT2D eigenvalue weighted by atomic mass is 9.67. The van der Waals surface area contributed by atoms with E-state index in [4.69, 9.17) is 0 Å². The van der Waals surface area contributed by atoms with E-state index in [0.717, 1.165) is 11.4 Å². The largest absolute Gasteiger partial charge is 0.310 e. The van der Waals surface area contributed by atoms with Gasteiger partial charge in [0.15, 0.2) is 0 Å². The summed E-state index contributed by atoms with van der Waals surface area (Å²) in [4.78, 5) is 2.57. The topological polar surface area (TPSA) is 3.24 Å². The molecule has 12 aromatic rings. The number of nitrogens with zero attached hydrogens (tertiary/aromatic N) is 1. The van der Waals surface area contributed by atoms with Gasteiger partial charge in [-0.1, -0.05) is 224 Å².